The van der Waals surface area contributed by atoms with Gasteiger partial charge in [0.05, 0.1) is 10.0 Å². The van der Waals surface area contributed by atoms with Gasteiger partial charge in [0.15, 0.2) is 5.82 Å². The summed E-state index contributed by atoms with van der Waals surface area (Å²) in [6, 6.07) is 2.79. The Balaban J connectivity index is 3.04. The van der Waals surface area contributed by atoms with E-state index in [1.807, 2.05) is 5.48 Å². The third kappa shape index (κ3) is 2.08. The molecule has 1 rings (SSSR count). The molecule has 12 heavy (non-hydrogen) atoms. The fraction of sp³-hybridized carbons (Fsp3) is 0.143. The van der Waals surface area contributed by atoms with Gasteiger partial charge in [0.2, 0.25) is 0 Å². The van der Waals surface area contributed by atoms with Gasteiger partial charge in [-0.3, -0.25) is 0 Å². The number of hydrogen-bond acceptors (Lipinski definition) is 2. The molecule has 0 aliphatic rings. The average molecular weight is 210 g/mol. The zero-order valence-corrected chi connectivity index (χ0v) is 7.45. The second-order valence-corrected chi connectivity index (χ2v) is 3.02. The van der Waals surface area contributed by atoms with E-state index >= 15 is 0 Å². The van der Waals surface area contributed by atoms with Crippen molar-refractivity contribution in [1.29, 1.82) is 0 Å². The number of halogens is 3. The second-order valence-electron chi connectivity index (χ2n) is 2.21. The van der Waals surface area contributed by atoms with Crippen LogP contribution in [0.25, 0.3) is 0 Å². The average Bonchev–Trinajstić information content (AvgIpc) is 2.01. The van der Waals surface area contributed by atoms with E-state index in [-0.39, 0.29) is 16.6 Å². The Morgan fingerprint density at radius 1 is 1.33 bits per heavy atom. The van der Waals surface area contributed by atoms with E-state index in [1.165, 1.54) is 12.1 Å². The molecule has 1 aromatic carbocycles. The molecule has 0 atom stereocenters. The first kappa shape index (κ1) is 9.74. The van der Waals surface area contributed by atoms with Crippen molar-refractivity contribution in [3.63, 3.8) is 0 Å². The Morgan fingerprint density at radius 3 is 2.25 bits per heavy atom. The molecule has 2 nitrogen and oxygen atoms in total. The van der Waals surface area contributed by atoms with E-state index in [1.54, 1.807) is 0 Å². The van der Waals surface area contributed by atoms with Gasteiger partial charge in [-0.25, -0.2) is 9.87 Å². The van der Waals surface area contributed by atoms with Crippen LogP contribution in [0.15, 0.2) is 12.1 Å². The van der Waals surface area contributed by atoms with Crippen LogP contribution in [0.2, 0.25) is 10.0 Å². The van der Waals surface area contributed by atoms with Gasteiger partial charge in [-0.05, 0) is 17.7 Å². The van der Waals surface area contributed by atoms with Crippen molar-refractivity contribution >= 4 is 23.2 Å². The molecule has 0 saturated carbocycles. The van der Waals surface area contributed by atoms with Gasteiger partial charge in [0.25, 0.3) is 0 Å². The predicted molar refractivity (Wildman–Crippen MR) is 45.0 cm³/mol. The lowest BCUT2D eigenvalue weighted by molar-refractivity contribution is 0.161. The minimum Gasteiger partial charge on any atom is -0.316 e. The molecule has 0 radical (unpaired) electrons. The van der Waals surface area contributed by atoms with Crippen molar-refractivity contribution in [2.24, 2.45) is 0 Å². The van der Waals surface area contributed by atoms with Crippen molar-refractivity contribution < 1.29 is 9.60 Å². The molecule has 0 heterocycles. The van der Waals surface area contributed by atoms with E-state index in [2.05, 4.69) is 0 Å². The number of hydroxylamine groups is 1. The first-order chi connectivity index (χ1) is 5.65. The summed E-state index contributed by atoms with van der Waals surface area (Å²) in [7, 11) is 0. The van der Waals surface area contributed by atoms with Crippen molar-refractivity contribution in [3.8, 4) is 0 Å². The van der Waals surface area contributed by atoms with Crippen LogP contribution in [-0.2, 0) is 6.54 Å². The lowest BCUT2D eigenvalue weighted by Crippen LogP contribution is -2.06. The zero-order valence-electron chi connectivity index (χ0n) is 5.94. The van der Waals surface area contributed by atoms with E-state index < -0.39 is 5.82 Å². The van der Waals surface area contributed by atoms with Crippen LogP contribution < -0.4 is 5.48 Å². The molecule has 0 amide bonds. The van der Waals surface area contributed by atoms with Crippen molar-refractivity contribution in [2.75, 3.05) is 0 Å². The van der Waals surface area contributed by atoms with Gasteiger partial charge in [-0.2, -0.15) is 0 Å². The summed E-state index contributed by atoms with van der Waals surface area (Å²) in [6.45, 7) is 0.180. The van der Waals surface area contributed by atoms with Gasteiger partial charge >= 0.3 is 0 Å². The van der Waals surface area contributed by atoms with E-state index in [0.29, 0.717) is 5.56 Å². The Bertz CT molecular complexity index is 270. The fourth-order valence-electron chi connectivity index (χ4n) is 0.801. The minimum absolute atomic E-state index is 0.0484. The van der Waals surface area contributed by atoms with E-state index in [9.17, 15) is 4.39 Å². The summed E-state index contributed by atoms with van der Waals surface area (Å²) in [6.07, 6.45) is 0. The normalized spacial score (nSPS) is 10.3. The number of hydrogen-bond donors (Lipinski definition) is 2. The fourth-order valence-corrected chi connectivity index (χ4v) is 1.33. The summed E-state index contributed by atoms with van der Waals surface area (Å²) < 4.78 is 12.8. The predicted octanol–water partition coefficient (Wildman–Crippen LogP) is 2.61. The van der Waals surface area contributed by atoms with Crippen LogP contribution in [0.4, 0.5) is 4.39 Å². The van der Waals surface area contributed by atoms with Crippen LogP contribution in [0.3, 0.4) is 0 Å². The highest BCUT2D eigenvalue weighted by Crippen LogP contribution is 2.24. The van der Waals surface area contributed by atoms with Crippen molar-refractivity contribution in [1.82, 2.24) is 5.48 Å². The minimum atomic E-state index is -0.639. The quantitative estimate of drug-likeness (QED) is 0.580. The number of benzene rings is 1. The number of rotatable bonds is 2. The maximum Gasteiger partial charge on any atom is 0.160 e. The Morgan fingerprint density at radius 2 is 1.83 bits per heavy atom. The first-order valence-corrected chi connectivity index (χ1v) is 3.91. The molecule has 0 aliphatic carbocycles. The highest BCUT2D eigenvalue weighted by Gasteiger charge is 2.06. The molecule has 0 aliphatic heterocycles. The number of nitrogens with one attached hydrogen (secondary N) is 1. The molecular formula is C7H6Cl2FNO. The van der Waals surface area contributed by atoms with Crippen LogP contribution in [0.1, 0.15) is 5.56 Å². The zero-order chi connectivity index (χ0) is 9.14. The highest BCUT2D eigenvalue weighted by atomic mass is 35.5. The van der Waals surface area contributed by atoms with Gasteiger partial charge in [0.1, 0.15) is 0 Å². The van der Waals surface area contributed by atoms with Gasteiger partial charge < -0.3 is 5.21 Å². The molecule has 2 N–H and O–H groups in total. The van der Waals surface area contributed by atoms with E-state index in [0.717, 1.165) is 0 Å². The molecule has 5 heteroatoms. The third-order valence-corrected chi connectivity index (χ3v) is 1.88. The Kier molecular flexibility index (Phi) is 3.29. The maximum absolute atomic E-state index is 12.8. The van der Waals surface area contributed by atoms with Gasteiger partial charge in [0, 0.05) is 6.54 Å². The second kappa shape index (κ2) is 4.05. The van der Waals surface area contributed by atoms with Crippen molar-refractivity contribution in [3.05, 3.63) is 33.6 Å². The lowest BCUT2D eigenvalue weighted by Gasteiger charge is -2.02. The molecule has 66 valence electrons. The molecule has 0 saturated heterocycles. The smallest absolute Gasteiger partial charge is 0.160 e. The standard InChI is InChI=1S/C7H6Cl2FNO/c8-5-1-4(3-11-12)2-6(9)7(5)10/h1-2,11-12H,3H2. The molecule has 0 fully saturated rings. The molecule has 0 unspecified atom stereocenters. The SMILES string of the molecule is ONCc1cc(Cl)c(F)c(Cl)c1. The van der Waals surface area contributed by atoms with Gasteiger partial charge in [-0.15, -0.1) is 0 Å². The summed E-state index contributed by atoms with van der Waals surface area (Å²) in [5, 5.41) is 8.24. The van der Waals surface area contributed by atoms with Crippen LogP contribution in [0, 0.1) is 5.82 Å². The topological polar surface area (TPSA) is 32.3 Å². The van der Waals surface area contributed by atoms with Crippen LogP contribution in [-0.4, -0.2) is 5.21 Å². The van der Waals surface area contributed by atoms with E-state index in [4.69, 9.17) is 28.4 Å². The molecule has 0 spiro atoms. The summed E-state index contributed by atoms with van der Waals surface area (Å²) in [5.41, 5.74) is 2.54. The van der Waals surface area contributed by atoms with Gasteiger partial charge in [-0.1, -0.05) is 23.2 Å². The molecule has 0 bridgehead atoms. The van der Waals surface area contributed by atoms with Crippen LogP contribution in [0.5, 0.6) is 0 Å². The molecule has 1 aromatic rings. The largest absolute Gasteiger partial charge is 0.316 e. The monoisotopic (exact) mass is 209 g/mol. The summed E-state index contributed by atoms with van der Waals surface area (Å²) in [4.78, 5) is 0. The van der Waals surface area contributed by atoms with Crippen LogP contribution >= 0.6 is 23.2 Å². The highest BCUT2D eigenvalue weighted by molar-refractivity contribution is 6.34. The third-order valence-electron chi connectivity index (χ3n) is 1.33. The molecular weight excluding hydrogens is 204 g/mol. The Labute approximate surface area is 78.9 Å². The first-order valence-electron chi connectivity index (χ1n) is 3.15. The maximum atomic E-state index is 12.8. The Hall–Kier alpha value is -0.350. The summed E-state index contributed by atoms with van der Waals surface area (Å²) >= 11 is 11.0. The summed E-state index contributed by atoms with van der Waals surface area (Å²) in [5.74, 6) is -0.639. The lowest BCUT2D eigenvalue weighted by atomic mass is 10.2. The molecule has 0 aromatic heterocycles. The van der Waals surface area contributed by atoms with Crippen molar-refractivity contribution in [2.45, 2.75) is 6.54 Å².